The third-order valence-corrected chi connectivity index (χ3v) is 3.37. The Morgan fingerprint density at radius 3 is 2.42 bits per heavy atom. The highest BCUT2D eigenvalue weighted by molar-refractivity contribution is 7.53. The van der Waals surface area contributed by atoms with E-state index in [2.05, 4.69) is 20.6 Å². The lowest BCUT2D eigenvalue weighted by molar-refractivity contribution is -0.0272. The third kappa shape index (κ3) is 6.24. The van der Waals surface area contributed by atoms with Crippen LogP contribution in [0, 0.1) is 0 Å². The van der Waals surface area contributed by atoms with Gasteiger partial charge < -0.3 is 13.8 Å². The Balaban J connectivity index is 2.61. The number of H-pyrrole nitrogens is 1. The van der Waals surface area contributed by atoms with Crippen LogP contribution in [-0.4, -0.2) is 46.1 Å². The summed E-state index contributed by atoms with van der Waals surface area (Å²) in [6, 6.07) is 0. The lowest BCUT2D eigenvalue weighted by atomic mass is 10.3. The largest absolute Gasteiger partial charge is 0.365 e. The van der Waals surface area contributed by atoms with Crippen molar-refractivity contribution in [2.75, 3.05) is 13.3 Å². The van der Waals surface area contributed by atoms with E-state index in [1.54, 1.807) is 13.8 Å². The van der Waals surface area contributed by atoms with Crippen LogP contribution < -0.4 is 0 Å². The molecule has 1 N–H and O–H groups in total. The number of tetrazole rings is 1. The van der Waals surface area contributed by atoms with Crippen LogP contribution in [0.1, 0.15) is 39.6 Å². The van der Waals surface area contributed by atoms with E-state index in [-0.39, 0.29) is 18.8 Å². The topological polar surface area (TPSA) is 99.2 Å². The zero-order valence-corrected chi connectivity index (χ0v) is 12.8. The van der Waals surface area contributed by atoms with Crippen molar-refractivity contribution in [2.24, 2.45) is 0 Å². The lowest BCUT2D eigenvalue weighted by Crippen LogP contribution is -2.17. The third-order valence-electron chi connectivity index (χ3n) is 1.95. The molecule has 1 rings (SSSR count). The monoisotopic (exact) mass is 292 g/mol. The van der Waals surface area contributed by atoms with Crippen LogP contribution in [0.5, 0.6) is 0 Å². The molecule has 2 atom stereocenters. The van der Waals surface area contributed by atoms with Crippen LogP contribution in [-0.2, 0) is 18.3 Å². The van der Waals surface area contributed by atoms with E-state index in [1.807, 2.05) is 13.8 Å². The molecule has 1 aromatic heterocycles. The van der Waals surface area contributed by atoms with Crippen LogP contribution in [0.3, 0.4) is 0 Å². The molecule has 0 saturated heterocycles. The minimum Gasteiger partial charge on any atom is -0.365 e. The zero-order valence-electron chi connectivity index (χ0n) is 11.9. The van der Waals surface area contributed by atoms with Gasteiger partial charge >= 0.3 is 7.60 Å². The van der Waals surface area contributed by atoms with Crippen molar-refractivity contribution in [1.29, 1.82) is 0 Å². The number of ether oxygens (including phenoxy) is 1. The number of hydrogen-bond acceptors (Lipinski definition) is 7. The Morgan fingerprint density at radius 1 is 1.26 bits per heavy atom. The Labute approximate surface area is 112 Å². The molecule has 0 aliphatic rings. The number of nitrogens with one attached hydrogen (secondary N) is 1. The van der Waals surface area contributed by atoms with Crippen molar-refractivity contribution in [3.63, 3.8) is 0 Å². The minimum atomic E-state index is -3.11. The van der Waals surface area contributed by atoms with Crippen LogP contribution in [0.15, 0.2) is 0 Å². The Hall–Kier alpha value is -0.820. The van der Waals surface area contributed by atoms with E-state index >= 15 is 0 Å². The molecule has 0 aliphatic heterocycles. The number of nitrogens with zero attached hydrogens (tertiary/aromatic N) is 3. The molecule has 0 aromatic carbocycles. The Bertz CT molecular complexity index is 410. The standard InChI is InChI=1S/C10H21N4O4P/c1-7(2)17-9(10-11-13-14-12-10)6-16-19(5,15)18-8(3)4/h7-9H,6H2,1-5H3,(H,11,12,13,14)/t9-,19?/m0/s1. The molecule has 1 heterocycles. The first kappa shape index (κ1) is 16.2. The zero-order chi connectivity index (χ0) is 14.5. The maximum atomic E-state index is 12.0. The molecule has 0 bridgehead atoms. The smallest absolute Gasteiger partial charge is 0.327 e. The molecule has 110 valence electrons. The molecule has 9 heteroatoms. The van der Waals surface area contributed by atoms with E-state index in [9.17, 15) is 4.57 Å². The van der Waals surface area contributed by atoms with Crippen molar-refractivity contribution in [3.05, 3.63) is 5.82 Å². The molecular formula is C10H21N4O4P. The summed E-state index contributed by atoms with van der Waals surface area (Å²) in [5.41, 5.74) is 0. The van der Waals surface area contributed by atoms with E-state index < -0.39 is 13.7 Å². The summed E-state index contributed by atoms with van der Waals surface area (Å²) in [7, 11) is -3.11. The molecule has 8 nitrogen and oxygen atoms in total. The number of aromatic nitrogens is 4. The fourth-order valence-corrected chi connectivity index (χ4v) is 2.66. The molecule has 19 heavy (non-hydrogen) atoms. The fourth-order valence-electron chi connectivity index (χ4n) is 1.43. The quantitative estimate of drug-likeness (QED) is 0.731. The van der Waals surface area contributed by atoms with Crippen molar-refractivity contribution >= 4 is 7.60 Å². The first-order valence-corrected chi connectivity index (χ1v) is 8.08. The van der Waals surface area contributed by atoms with Gasteiger partial charge in [0.2, 0.25) is 5.82 Å². The summed E-state index contributed by atoms with van der Waals surface area (Å²) in [5, 5.41) is 13.5. The van der Waals surface area contributed by atoms with Gasteiger partial charge in [0, 0.05) is 6.66 Å². The number of rotatable bonds is 8. The SMILES string of the molecule is CC(C)O[C@@H](COP(C)(=O)OC(C)C)c1nn[nH]n1. The highest BCUT2D eigenvalue weighted by atomic mass is 31.2. The lowest BCUT2D eigenvalue weighted by Gasteiger charge is -2.21. The van der Waals surface area contributed by atoms with Crippen molar-refractivity contribution < 1.29 is 18.3 Å². The molecule has 0 radical (unpaired) electrons. The van der Waals surface area contributed by atoms with Crippen molar-refractivity contribution in [1.82, 2.24) is 20.6 Å². The first-order valence-electron chi connectivity index (χ1n) is 6.09. The van der Waals surface area contributed by atoms with Gasteiger partial charge in [-0.25, -0.2) is 0 Å². The molecule has 0 fully saturated rings. The van der Waals surface area contributed by atoms with E-state index in [0.29, 0.717) is 5.82 Å². The summed E-state index contributed by atoms with van der Waals surface area (Å²) >= 11 is 0. The molecule has 1 unspecified atom stereocenters. The van der Waals surface area contributed by atoms with Crippen LogP contribution >= 0.6 is 7.60 Å². The van der Waals surface area contributed by atoms with E-state index in [4.69, 9.17) is 13.8 Å². The van der Waals surface area contributed by atoms with Gasteiger partial charge in [0.15, 0.2) is 0 Å². The van der Waals surface area contributed by atoms with E-state index in [1.165, 1.54) is 6.66 Å². The van der Waals surface area contributed by atoms with Crippen molar-refractivity contribution in [3.8, 4) is 0 Å². The molecule has 0 spiro atoms. The van der Waals surface area contributed by atoms with Gasteiger partial charge in [-0.1, -0.05) is 5.21 Å². The Morgan fingerprint density at radius 2 is 1.95 bits per heavy atom. The normalized spacial score (nSPS) is 16.8. The van der Waals surface area contributed by atoms with Crippen molar-refractivity contribution in [2.45, 2.75) is 46.0 Å². The second-order valence-electron chi connectivity index (χ2n) is 4.66. The predicted molar refractivity (Wildman–Crippen MR) is 68.8 cm³/mol. The summed E-state index contributed by atoms with van der Waals surface area (Å²) in [6.45, 7) is 8.81. The molecule has 1 aromatic rings. The Kier molecular flexibility index (Phi) is 6.06. The van der Waals surface area contributed by atoms with Gasteiger partial charge in [0.25, 0.3) is 0 Å². The van der Waals surface area contributed by atoms with Gasteiger partial charge in [0.1, 0.15) is 6.10 Å². The van der Waals surface area contributed by atoms with E-state index in [0.717, 1.165) is 0 Å². The summed E-state index contributed by atoms with van der Waals surface area (Å²) in [4.78, 5) is 0. The average molecular weight is 292 g/mol. The molecule has 0 aliphatic carbocycles. The van der Waals surface area contributed by atoms with Gasteiger partial charge in [-0.15, -0.1) is 10.2 Å². The van der Waals surface area contributed by atoms with Gasteiger partial charge in [-0.05, 0) is 27.7 Å². The van der Waals surface area contributed by atoms with Crippen LogP contribution in [0.2, 0.25) is 0 Å². The number of aromatic amines is 1. The molecule has 0 saturated carbocycles. The van der Waals surface area contributed by atoms with Crippen LogP contribution in [0.4, 0.5) is 0 Å². The fraction of sp³-hybridized carbons (Fsp3) is 0.900. The molecular weight excluding hydrogens is 271 g/mol. The summed E-state index contributed by atoms with van der Waals surface area (Å²) in [6.07, 6.45) is -0.761. The minimum absolute atomic E-state index is 0.0399. The van der Waals surface area contributed by atoms with Gasteiger partial charge in [-0.3, -0.25) is 4.57 Å². The summed E-state index contributed by atoms with van der Waals surface area (Å²) < 4.78 is 28.2. The predicted octanol–water partition coefficient (Wildman–Crippen LogP) is 1.93. The highest BCUT2D eigenvalue weighted by Gasteiger charge is 2.25. The van der Waals surface area contributed by atoms with Crippen LogP contribution in [0.25, 0.3) is 0 Å². The highest BCUT2D eigenvalue weighted by Crippen LogP contribution is 2.45. The first-order chi connectivity index (χ1) is 8.80. The summed E-state index contributed by atoms with van der Waals surface area (Å²) in [5.74, 6) is 0.359. The maximum absolute atomic E-state index is 12.0. The second kappa shape index (κ2) is 7.09. The number of hydrogen-bond donors (Lipinski definition) is 1. The average Bonchev–Trinajstić information content (AvgIpc) is 2.75. The van der Waals surface area contributed by atoms with Gasteiger partial charge in [-0.2, -0.15) is 5.21 Å². The van der Waals surface area contributed by atoms with Gasteiger partial charge in [0.05, 0.1) is 18.8 Å². The maximum Gasteiger partial charge on any atom is 0.327 e. The second-order valence-corrected chi connectivity index (χ2v) is 6.68. The molecule has 0 amide bonds.